The van der Waals surface area contributed by atoms with Crippen LogP contribution in [0.25, 0.3) is 0 Å². The average Bonchev–Trinajstić information content (AvgIpc) is 1.98. The molecule has 0 amide bonds. The Morgan fingerprint density at radius 3 is 2.38 bits per heavy atom. The van der Waals surface area contributed by atoms with Gasteiger partial charge in [-0.05, 0) is 13.0 Å². The molecule has 0 aliphatic rings. The molecule has 0 radical (unpaired) electrons. The van der Waals surface area contributed by atoms with Crippen molar-refractivity contribution in [1.82, 2.24) is 4.57 Å². The minimum atomic E-state index is -0.148. The van der Waals surface area contributed by atoms with Crippen molar-refractivity contribution in [2.75, 3.05) is 0 Å². The highest BCUT2D eigenvalue weighted by molar-refractivity contribution is 5.08. The lowest BCUT2D eigenvalue weighted by Crippen LogP contribution is -1.88. The Morgan fingerprint density at radius 2 is 2.25 bits per heavy atom. The lowest BCUT2D eigenvalue weighted by molar-refractivity contribution is 0.528. The minimum absolute atomic E-state index is 0.148. The Hall–Kier alpha value is -0.790. The fraction of sp³-hybridized carbons (Fsp3) is 0.333. The summed E-state index contributed by atoms with van der Waals surface area (Å²) >= 11 is 0. The Kier molecular flexibility index (Phi) is 1.08. The van der Waals surface area contributed by atoms with Gasteiger partial charge in [0.25, 0.3) is 0 Å². The van der Waals surface area contributed by atoms with E-state index in [0.29, 0.717) is 5.56 Å². The van der Waals surface area contributed by atoms with Gasteiger partial charge in [0.1, 0.15) is 0 Å². The second-order valence-corrected chi connectivity index (χ2v) is 1.90. The van der Waals surface area contributed by atoms with Crippen LogP contribution in [-0.4, -0.2) is 4.57 Å². The van der Waals surface area contributed by atoms with Crippen LogP contribution >= 0.6 is 0 Å². The van der Waals surface area contributed by atoms with Gasteiger partial charge in [0.05, 0.1) is 0 Å². The first-order chi connectivity index (χ1) is 3.72. The van der Waals surface area contributed by atoms with Gasteiger partial charge in [0, 0.05) is 18.8 Å². The highest BCUT2D eigenvalue weighted by atomic mass is 19.1. The summed E-state index contributed by atoms with van der Waals surface area (Å²) in [5, 5.41) is 0. The van der Waals surface area contributed by atoms with Crippen LogP contribution in [0.3, 0.4) is 0 Å². The summed E-state index contributed by atoms with van der Waals surface area (Å²) in [6.07, 6.45) is 1.70. The second kappa shape index (κ2) is 1.62. The monoisotopic (exact) mass is 113 g/mol. The standard InChI is InChI=1S/C6H8FN/c1-5-3-4-8(2)6(5)7/h3-4H,1-2H3. The molecule has 0 atom stereocenters. The van der Waals surface area contributed by atoms with Gasteiger partial charge in [0.15, 0.2) is 5.95 Å². The maximum absolute atomic E-state index is 12.5. The van der Waals surface area contributed by atoms with Gasteiger partial charge in [0.2, 0.25) is 0 Å². The van der Waals surface area contributed by atoms with E-state index in [9.17, 15) is 4.39 Å². The molecule has 0 aromatic carbocycles. The van der Waals surface area contributed by atoms with E-state index >= 15 is 0 Å². The Morgan fingerprint density at radius 1 is 1.62 bits per heavy atom. The van der Waals surface area contributed by atoms with Crippen molar-refractivity contribution >= 4 is 0 Å². The smallest absolute Gasteiger partial charge is 0.196 e. The van der Waals surface area contributed by atoms with E-state index in [-0.39, 0.29) is 5.95 Å². The summed E-state index contributed by atoms with van der Waals surface area (Å²) in [6, 6.07) is 1.75. The predicted octanol–water partition coefficient (Wildman–Crippen LogP) is 1.47. The molecule has 0 spiro atoms. The van der Waals surface area contributed by atoms with Gasteiger partial charge in [-0.25, -0.2) is 0 Å². The fourth-order valence-corrected chi connectivity index (χ4v) is 0.636. The molecule has 1 aromatic rings. The summed E-state index contributed by atoms with van der Waals surface area (Å²) < 4.78 is 13.9. The van der Waals surface area contributed by atoms with Crippen LogP contribution in [-0.2, 0) is 7.05 Å². The minimum Gasteiger partial charge on any atom is -0.328 e. The molecule has 1 nitrogen and oxygen atoms in total. The van der Waals surface area contributed by atoms with Crippen LogP contribution in [0.2, 0.25) is 0 Å². The van der Waals surface area contributed by atoms with Crippen LogP contribution in [0.5, 0.6) is 0 Å². The second-order valence-electron chi connectivity index (χ2n) is 1.90. The molecule has 0 saturated carbocycles. The maximum Gasteiger partial charge on any atom is 0.196 e. The van der Waals surface area contributed by atoms with Crippen molar-refractivity contribution in [3.05, 3.63) is 23.8 Å². The van der Waals surface area contributed by atoms with E-state index < -0.39 is 0 Å². The number of hydrogen-bond acceptors (Lipinski definition) is 0. The van der Waals surface area contributed by atoms with E-state index in [1.54, 1.807) is 26.2 Å². The third-order valence-electron chi connectivity index (χ3n) is 1.18. The number of halogens is 1. The first kappa shape index (κ1) is 5.35. The molecule has 0 aliphatic heterocycles. The highest BCUT2D eigenvalue weighted by Crippen LogP contribution is 2.03. The lowest BCUT2D eigenvalue weighted by atomic mass is 10.4. The van der Waals surface area contributed by atoms with E-state index in [1.807, 2.05) is 0 Å². The molecule has 2 heteroatoms. The van der Waals surface area contributed by atoms with E-state index in [2.05, 4.69) is 0 Å². The normalized spacial score (nSPS) is 9.88. The molecule has 0 bridgehead atoms. The zero-order valence-electron chi connectivity index (χ0n) is 4.98. The first-order valence-corrected chi connectivity index (χ1v) is 2.49. The molecule has 0 N–H and O–H groups in total. The highest BCUT2D eigenvalue weighted by Gasteiger charge is 1.97. The van der Waals surface area contributed by atoms with Gasteiger partial charge in [-0.15, -0.1) is 0 Å². The van der Waals surface area contributed by atoms with Gasteiger partial charge < -0.3 is 4.57 Å². The lowest BCUT2D eigenvalue weighted by Gasteiger charge is -1.88. The fourth-order valence-electron chi connectivity index (χ4n) is 0.636. The molecule has 1 rings (SSSR count). The van der Waals surface area contributed by atoms with Crippen LogP contribution in [0.1, 0.15) is 5.56 Å². The molecule has 8 heavy (non-hydrogen) atoms. The number of rotatable bonds is 0. The van der Waals surface area contributed by atoms with Crippen molar-refractivity contribution in [2.45, 2.75) is 6.92 Å². The van der Waals surface area contributed by atoms with E-state index in [4.69, 9.17) is 0 Å². The first-order valence-electron chi connectivity index (χ1n) is 2.49. The van der Waals surface area contributed by atoms with Crippen molar-refractivity contribution in [3.63, 3.8) is 0 Å². The number of nitrogens with zero attached hydrogens (tertiary/aromatic N) is 1. The van der Waals surface area contributed by atoms with Gasteiger partial charge >= 0.3 is 0 Å². The summed E-state index contributed by atoms with van der Waals surface area (Å²) in [5.41, 5.74) is 0.701. The number of aromatic nitrogens is 1. The van der Waals surface area contributed by atoms with E-state index in [1.165, 1.54) is 4.57 Å². The Balaban J connectivity index is 3.19. The molecular weight excluding hydrogens is 105 g/mol. The molecule has 0 aliphatic carbocycles. The molecule has 0 fully saturated rings. The third kappa shape index (κ3) is 0.619. The average molecular weight is 113 g/mol. The van der Waals surface area contributed by atoms with Crippen LogP contribution < -0.4 is 0 Å². The largest absolute Gasteiger partial charge is 0.328 e. The maximum atomic E-state index is 12.5. The van der Waals surface area contributed by atoms with Gasteiger partial charge in [-0.3, -0.25) is 0 Å². The molecule has 0 unspecified atom stereocenters. The van der Waals surface area contributed by atoms with E-state index in [0.717, 1.165) is 0 Å². The summed E-state index contributed by atoms with van der Waals surface area (Å²) in [6.45, 7) is 1.75. The predicted molar refractivity (Wildman–Crippen MR) is 30.1 cm³/mol. The summed E-state index contributed by atoms with van der Waals surface area (Å²) in [4.78, 5) is 0. The topological polar surface area (TPSA) is 4.93 Å². The van der Waals surface area contributed by atoms with Crippen LogP contribution in [0.4, 0.5) is 4.39 Å². The summed E-state index contributed by atoms with van der Waals surface area (Å²) in [5.74, 6) is -0.148. The van der Waals surface area contributed by atoms with Crippen LogP contribution in [0, 0.1) is 12.9 Å². The van der Waals surface area contributed by atoms with Crippen molar-refractivity contribution in [2.24, 2.45) is 7.05 Å². The Labute approximate surface area is 47.7 Å². The zero-order valence-corrected chi connectivity index (χ0v) is 4.98. The van der Waals surface area contributed by atoms with Crippen LogP contribution in [0.15, 0.2) is 12.3 Å². The SMILES string of the molecule is Cc1ccn(C)c1F. The summed E-state index contributed by atoms with van der Waals surface area (Å²) in [7, 11) is 1.68. The molecule has 44 valence electrons. The van der Waals surface area contributed by atoms with Crippen molar-refractivity contribution in [1.29, 1.82) is 0 Å². The van der Waals surface area contributed by atoms with Gasteiger partial charge in [-0.1, -0.05) is 0 Å². The third-order valence-corrected chi connectivity index (χ3v) is 1.18. The van der Waals surface area contributed by atoms with Crippen molar-refractivity contribution < 1.29 is 4.39 Å². The van der Waals surface area contributed by atoms with Gasteiger partial charge in [-0.2, -0.15) is 4.39 Å². The molecule has 0 saturated heterocycles. The number of aryl methyl sites for hydroxylation is 2. The molecule has 1 heterocycles. The zero-order chi connectivity index (χ0) is 6.15. The molecular formula is C6H8FN. The Bertz CT molecular complexity index is 171. The molecule has 1 aromatic heterocycles. The number of hydrogen-bond donors (Lipinski definition) is 0. The van der Waals surface area contributed by atoms with Crippen molar-refractivity contribution in [3.8, 4) is 0 Å². The quantitative estimate of drug-likeness (QED) is 0.480.